The molecule has 25 heavy (non-hydrogen) atoms. The molecule has 0 aliphatic carbocycles. The molecule has 1 fully saturated rings. The van der Waals surface area contributed by atoms with Gasteiger partial charge < -0.3 is 10.2 Å². The van der Waals surface area contributed by atoms with Crippen molar-refractivity contribution in [3.63, 3.8) is 0 Å². The average Bonchev–Trinajstić information content (AvgIpc) is 2.95. The average molecular weight is 377 g/mol. The summed E-state index contributed by atoms with van der Waals surface area (Å²) in [6.45, 7) is 1.29. The molecule has 1 saturated heterocycles. The van der Waals surface area contributed by atoms with E-state index >= 15 is 0 Å². The van der Waals surface area contributed by atoms with Crippen LogP contribution >= 0.6 is 23.2 Å². The monoisotopic (exact) mass is 376 g/mol. The molecule has 1 heterocycles. The number of nitrogens with zero attached hydrogens (tertiary/aromatic N) is 1. The third kappa shape index (κ3) is 4.53. The first-order valence-electron chi connectivity index (χ1n) is 8.06. The number of likely N-dealkylation sites (tertiary alicyclic amines) is 1. The van der Waals surface area contributed by atoms with E-state index in [0.717, 1.165) is 11.1 Å². The van der Waals surface area contributed by atoms with Gasteiger partial charge >= 0.3 is 0 Å². The van der Waals surface area contributed by atoms with E-state index in [-0.39, 0.29) is 24.2 Å². The van der Waals surface area contributed by atoms with E-state index in [9.17, 15) is 9.59 Å². The minimum atomic E-state index is -0.331. The van der Waals surface area contributed by atoms with Crippen molar-refractivity contribution in [2.45, 2.75) is 19.5 Å². The summed E-state index contributed by atoms with van der Waals surface area (Å²) in [5.74, 6) is -0.453. The van der Waals surface area contributed by atoms with Crippen molar-refractivity contribution in [2.75, 3.05) is 6.54 Å². The molecular formula is C19H18Cl2N2O2. The van der Waals surface area contributed by atoms with Gasteiger partial charge in [-0.05, 0) is 23.3 Å². The Balaban J connectivity index is 1.55. The van der Waals surface area contributed by atoms with Crippen LogP contribution in [-0.2, 0) is 22.7 Å². The lowest BCUT2D eigenvalue weighted by Gasteiger charge is -2.16. The summed E-state index contributed by atoms with van der Waals surface area (Å²) in [5.41, 5.74) is 1.86. The SMILES string of the molecule is O=C(NCc1ccc(Cl)cc1Cl)[C@@H]1CC(=O)N(Cc2ccccc2)C1. The summed E-state index contributed by atoms with van der Waals surface area (Å²) in [5, 5.41) is 3.93. The van der Waals surface area contributed by atoms with Crippen LogP contribution in [0, 0.1) is 5.92 Å². The van der Waals surface area contributed by atoms with Crippen LogP contribution in [0.15, 0.2) is 48.5 Å². The summed E-state index contributed by atoms with van der Waals surface area (Å²) >= 11 is 12.0. The molecule has 6 heteroatoms. The Morgan fingerprint density at radius 1 is 1.16 bits per heavy atom. The lowest BCUT2D eigenvalue weighted by atomic mass is 10.1. The van der Waals surface area contributed by atoms with E-state index in [2.05, 4.69) is 5.32 Å². The maximum atomic E-state index is 12.4. The molecule has 2 aromatic carbocycles. The molecule has 4 nitrogen and oxygen atoms in total. The molecule has 2 amide bonds. The fourth-order valence-corrected chi connectivity index (χ4v) is 3.37. The van der Waals surface area contributed by atoms with Crippen molar-refractivity contribution < 1.29 is 9.59 Å². The minimum Gasteiger partial charge on any atom is -0.352 e. The smallest absolute Gasteiger partial charge is 0.225 e. The van der Waals surface area contributed by atoms with E-state index in [1.54, 1.807) is 23.1 Å². The van der Waals surface area contributed by atoms with Crippen molar-refractivity contribution in [3.8, 4) is 0 Å². The number of hydrogen-bond donors (Lipinski definition) is 1. The second kappa shape index (κ2) is 7.89. The Kier molecular flexibility index (Phi) is 5.61. The number of halogens is 2. The van der Waals surface area contributed by atoms with Crippen molar-refractivity contribution in [2.24, 2.45) is 5.92 Å². The number of carbonyl (C=O) groups excluding carboxylic acids is 2. The van der Waals surface area contributed by atoms with Crippen molar-refractivity contribution >= 4 is 35.0 Å². The maximum absolute atomic E-state index is 12.4. The molecular weight excluding hydrogens is 359 g/mol. The first-order chi connectivity index (χ1) is 12.0. The van der Waals surface area contributed by atoms with Gasteiger partial charge in [0.15, 0.2) is 0 Å². The highest BCUT2D eigenvalue weighted by molar-refractivity contribution is 6.35. The number of amides is 2. The fraction of sp³-hybridized carbons (Fsp3) is 0.263. The highest BCUT2D eigenvalue weighted by Gasteiger charge is 2.34. The molecule has 0 saturated carbocycles. The lowest BCUT2D eigenvalue weighted by molar-refractivity contribution is -0.129. The summed E-state index contributed by atoms with van der Waals surface area (Å²) in [7, 11) is 0. The second-order valence-corrected chi connectivity index (χ2v) is 6.96. The Bertz CT molecular complexity index is 780. The van der Waals surface area contributed by atoms with E-state index in [1.807, 2.05) is 30.3 Å². The van der Waals surface area contributed by atoms with Crippen LogP contribution in [0.1, 0.15) is 17.5 Å². The molecule has 0 radical (unpaired) electrons. The van der Waals surface area contributed by atoms with Gasteiger partial charge in [0, 0.05) is 36.1 Å². The Labute approximate surface area is 156 Å². The zero-order chi connectivity index (χ0) is 17.8. The molecule has 3 rings (SSSR count). The molecule has 1 atom stereocenters. The quantitative estimate of drug-likeness (QED) is 0.865. The van der Waals surface area contributed by atoms with Crippen LogP contribution in [0.4, 0.5) is 0 Å². The summed E-state index contributed by atoms with van der Waals surface area (Å²) in [6.07, 6.45) is 0.243. The lowest BCUT2D eigenvalue weighted by Crippen LogP contribution is -2.32. The van der Waals surface area contributed by atoms with Crippen LogP contribution < -0.4 is 5.32 Å². The number of carbonyl (C=O) groups is 2. The van der Waals surface area contributed by atoms with Gasteiger partial charge in [-0.25, -0.2) is 0 Å². The van der Waals surface area contributed by atoms with Crippen LogP contribution in [0.5, 0.6) is 0 Å². The van der Waals surface area contributed by atoms with Gasteiger partial charge in [0.05, 0.1) is 5.92 Å². The van der Waals surface area contributed by atoms with E-state index < -0.39 is 0 Å². The van der Waals surface area contributed by atoms with Gasteiger partial charge in [-0.2, -0.15) is 0 Å². The van der Waals surface area contributed by atoms with Crippen LogP contribution in [0.25, 0.3) is 0 Å². The molecule has 1 aliphatic rings. The second-order valence-electron chi connectivity index (χ2n) is 6.11. The van der Waals surface area contributed by atoms with Crippen molar-refractivity contribution in [1.29, 1.82) is 0 Å². The van der Waals surface area contributed by atoms with Gasteiger partial charge in [0.2, 0.25) is 11.8 Å². The van der Waals surface area contributed by atoms with Crippen molar-refractivity contribution in [1.82, 2.24) is 10.2 Å². The molecule has 0 unspecified atom stereocenters. The standard InChI is InChI=1S/C19H18Cl2N2O2/c20-16-7-6-14(17(21)9-16)10-22-19(25)15-8-18(24)23(12-15)11-13-4-2-1-3-5-13/h1-7,9,15H,8,10-12H2,(H,22,25)/t15-/m1/s1. The third-order valence-corrected chi connectivity index (χ3v) is 4.86. The summed E-state index contributed by atoms with van der Waals surface area (Å²) in [6, 6.07) is 14.9. The summed E-state index contributed by atoms with van der Waals surface area (Å²) < 4.78 is 0. The zero-order valence-electron chi connectivity index (χ0n) is 13.5. The van der Waals surface area contributed by atoms with Gasteiger partial charge in [-0.15, -0.1) is 0 Å². The number of rotatable bonds is 5. The highest BCUT2D eigenvalue weighted by Crippen LogP contribution is 2.22. The molecule has 130 valence electrons. The summed E-state index contributed by atoms with van der Waals surface area (Å²) in [4.78, 5) is 26.3. The topological polar surface area (TPSA) is 49.4 Å². The van der Waals surface area contributed by atoms with Crippen LogP contribution in [0.3, 0.4) is 0 Å². The Morgan fingerprint density at radius 3 is 2.64 bits per heavy atom. The van der Waals surface area contributed by atoms with Crippen LogP contribution in [-0.4, -0.2) is 23.3 Å². The van der Waals surface area contributed by atoms with E-state index in [4.69, 9.17) is 23.2 Å². The minimum absolute atomic E-state index is 0.00790. The zero-order valence-corrected chi connectivity index (χ0v) is 15.1. The number of hydrogen-bond acceptors (Lipinski definition) is 2. The molecule has 1 N–H and O–H groups in total. The van der Waals surface area contributed by atoms with E-state index in [0.29, 0.717) is 29.7 Å². The third-order valence-electron chi connectivity index (χ3n) is 4.27. The normalized spacial score (nSPS) is 17.0. The molecule has 0 bridgehead atoms. The molecule has 1 aliphatic heterocycles. The molecule has 2 aromatic rings. The predicted molar refractivity (Wildman–Crippen MR) is 98.3 cm³/mol. The predicted octanol–water partition coefficient (Wildman–Crippen LogP) is 3.66. The Morgan fingerprint density at radius 2 is 1.92 bits per heavy atom. The molecule has 0 spiro atoms. The number of benzene rings is 2. The van der Waals surface area contributed by atoms with Gasteiger partial charge in [0.1, 0.15) is 0 Å². The van der Waals surface area contributed by atoms with Crippen LogP contribution in [0.2, 0.25) is 10.0 Å². The highest BCUT2D eigenvalue weighted by atomic mass is 35.5. The number of nitrogens with one attached hydrogen (secondary N) is 1. The van der Waals surface area contributed by atoms with Gasteiger partial charge in [-0.1, -0.05) is 59.6 Å². The first-order valence-corrected chi connectivity index (χ1v) is 8.82. The van der Waals surface area contributed by atoms with Gasteiger partial charge in [0.25, 0.3) is 0 Å². The Hall–Kier alpha value is -2.04. The fourth-order valence-electron chi connectivity index (χ4n) is 2.90. The maximum Gasteiger partial charge on any atom is 0.225 e. The van der Waals surface area contributed by atoms with E-state index in [1.165, 1.54) is 0 Å². The largest absolute Gasteiger partial charge is 0.352 e. The first kappa shape index (κ1) is 17.8. The van der Waals surface area contributed by atoms with Gasteiger partial charge in [-0.3, -0.25) is 9.59 Å². The van der Waals surface area contributed by atoms with Crippen molar-refractivity contribution in [3.05, 3.63) is 69.7 Å². The molecule has 0 aromatic heterocycles.